The van der Waals surface area contributed by atoms with Crippen molar-refractivity contribution >= 4 is 0 Å². The highest BCUT2D eigenvalue weighted by molar-refractivity contribution is 4.43. The van der Waals surface area contributed by atoms with Crippen molar-refractivity contribution in [3.8, 4) is 0 Å². The fraction of sp³-hybridized carbons (Fsp3) is 1.00. The fourth-order valence-electron chi connectivity index (χ4n) is 0.727. The van der Waals surface area contributed by atoms with Crippen molar-refractivity contribution in [3.05, 3.63) is 0 Å². The molecular formula is C9H19O2. The summed E-state index contributed by atoms with van der Waals surface area (Å²) in [4.78, 5) is 0. The maximum atomic E-state index is 10.0. The van der Waals surface area contributed by atoms with Crippen molar-refractivity contribution in [3.63, 3.8) is 0 Å². The average Bonchev–Trinajstić information content (AvgIpc) is 1.96. The highest BCUT2D eigenvalue weighted by Crippen LogP contribution is 1.99. The lowest BCUT2D eigenvalue weighted by molar-refractivity contribution is 0.109. The van der Waals surface area contributed by atoms with Gasteiger partial charge < -0.3 is 4.74 Å². The van der Waals surface area contributed by atoms with Crippen LogP contribution in [0.4, 0.5) is 0 Å². The lowest BCUT2D eigenvalue weighted by Gasteiger charge is -2.04. The molecule has 2 nitrogen and oxygen atoms in total. The van der Waals surface area contributed by atoms with Gasteiger partial charge in [0.05, 0.1) is 6.61 Å². The third-order valence-electron chi connectivity index (χ3n) is 1.52. The first-order valence-electron chi connectivity index (χ1n) is 4.43. The van der Waals surface area contributed by atoms with Crippen molar-refractivity contribution in [2.45, 2.75) is 33.1 Å². The van der Waals surface area contributed by atoms with E-state index < -0.39 is 0 Å². The Morgan fingerprint density at radius 2 is 1.91 bits per heavy atom. The van der Waals surface area contributed by atoms with Gasteiger partial charge >= 0.3 is 0 Å². The Morgan fingerprint density at radius 3 is 2.45 bits per heavy atom. The quantitative estimate of drug-likeness (QED) is 0.524. The van der Waals surface area contributed by atoms with Crippen LogP contribution in [0.3, 0.4) is 0 Å². The number of hydrogen-bond donors (Lipinski definition) is 0. The van der Waals surface area contributed by atoms with E-state index in [1.54, 1.807) is 0 Å². The zero-order chi connectivity index (χ0) is 8.53. The van der Waals surface area contributed by atoms with Crippen LogP contribution in [0, 0.1) is 5.92 Å². The molecule has 0 aromatic rings. The molecule has 0 aromatic heterocycles. The molecule has 0 fully saturated rings. The van der Waals surface area contributed by atoms with Gasteiger partial charge in [-0.25, -0.2) is 5.11 Å². The summed E-state index contributed by atoms with van der Waals surface area (Å²) < 4.78 is 5.31. The molecule has 0 aliphatic heterocycles. The summed E-state index contributed by atoms with van der Waals surface area (Å²) in [5.41, 5.74) is 0. The zero-order valence-electron chi connectivity index (χ0n) is 7.64. The molecule has 0 saturated heterocycles. The van der Waals surface area contributed by atoms with Gasteiger partial charge in [-0.3, -0.25) is 0 Å². The van der Waals surface area contributed by atoms with Gasteiger partial charge in [0, 0.05) is 13.2 Å². The van der Waals surface area contributed by atoms with E-state index in [0.29, 0.717) is 0 Å². The predicted octanol–water partition coefficient (Wildman–Crippen LogP) is 2.26. The van der Waals surface area contributed by atoms with Crippen LogP contribution in [0.2, 0.25) is 0 Å². The van der Waals surface area contributed by atoms with Gasteiger partial charge in [-0.15, -0.1) is 0 Å². The number of hydrogen-bond acceptors (Lipinski definition) is 1. The van der Waals surface area contributed by atoms with Crippen molar-refractivity contribution in [2.24, 2.45) is 5.92 Å². The van der Waals surface area contributed by atoms with Crippen molar-refractivity contribution < 1.29 is 9.84 Å². The molecule has 0 aromatic carbocycles. The van der Waals surface area contributed by atoms with Gasteiger partial charge in [0.2, 0.25) is 0 Å². The maximum Gasteiger partial charge on any atom is 0.0823 e. The van der Waals surface area contributed by atoms with Crippen LogP contribution in [0.25, 0.3) is 0 Å². The van der Waals surface area contributed by atoms with Crippen LogP contribution in [0.1, 0.15) is 33.1 Å². The van der Waals surface area contributed by atoms with Gasteiger partial charge in [0.25, 0.3) is 0 Å². The van der Waals surface area contributed by atoms with E-state index in [2.05, 4.69) is 13.8 Å². The molecule has 0 bridgehead atoms. The fourth-order valence-corrected chi connectivity index (χ4v) is 0.727. The third-order valence-corrected chi connectivity index (χ3v) is 1.52. The molecule has 0 rings (SSSR count). The van der Waals surface area contributed by atoms with Gasteiger partial charge in [0.1, 0.15) is 0 Å². The molecule has 0 N–H and O–H groups in total. The summed E-state index contributed by atoms with van der Waals surface area (Å²) >= 11 is 0. The van der Waals surface area contributed by atoms with Crippen LogP contribution < -0.4 is 0 Å². The zero-order valence-corrected chi connectivity index (χ0v) is 7.64. The minimum atomic E-state index is 0.0353. The molecule has 0 heterocycles. The number of unbranched alkanes of at least 4 members (excludes halogenated alkanes) is 1. The molecular weight excluding hydrogens is 140 g/mol. The second-order valence-corrected chi connectivity index (χ2v) is 3.21. The molecule has 0 amide bonds. The molecule has 0 spiro atoms. The topological polar surface area (TPSA) is 29.1 Å². The van der Waals surface area contributed by atoms with E-state index in [4.69, 9.17) is 4.74 Å². The lowest BCUT2D eigenvalue weighted by Crippen LogP contribution is -2.00. The van der Waals surface area contributed by atoms with E-state index in [-0.39, 0.29) is 6.61 Å². The van der Waals surface area contributed by atoms with Crippen molar-refractivity contribution in [1.82, 2.24) is 0 Å². The summed E-state index contributed by atoms with van der Waals surface area (Å²) in [5.74, 6) is 0.717. The first kappa shape index (κ1) is 10.9. The smallest absolute Gasteiger partial charge is 0.0823 e. The Bertz CT molecular complexity index is 72.0. The van der Waals surface area contributed by atoms with Gasteiger partial charge in [-0.05, 0) is 25.2 Å². The first-order chi connectivity index (χ1) is 5.27. The Hall–Kier alpha value is -0.0800. The minimum Gasteiger partial charge on any atom is -0.381 e. The molecule has 0 aliphatic carbocycles. The predicted molar refractivity (Wildman–Crippen MR) is 45.1 cm³/mol. The Kier molecular flexibility index (Phi) is 7.96. The van der Waals surface area contributed by atoms with E-state index in [1.807, 2.05) is 0 Å². The second kappa shape index (κ2) is 8.02. The van der Waals surface area contributed by atoms with Crippen LogP contribution in [0.15, 0.2) is 0 Å². The standard InChI is InChI=1S/C9H19O2/c1-9(2)5-8-11-7-4-3-6-10/h9H,3-8H2,1-2H3. The number of ether oxygens (including phenoxy) is 1. The van der Waals surface area contributed by atoms with Crippen LogP contribution >= 0.6 is 0 Å². The Labute approximate surface area is 69.6 Å². The Morgan fingerprint density at radius 1 is 1.18 bits per heavy atom. The van der Waals surface area contributed by atoms with E-state index in [9.17, 15) is 5.11 Å². The lowest BCUT2D eigenvalue weighted by atomic mass is 10.1. The van der Waals surface area contributed by atoms with Crippen LogP contribution in [0.5, 0.6) is 0 Å². The van der Waals surface area contributed by atoms with E-state index >= 15 is 0 Å². The van der Waals surface area contributed by atoms with Crippen LogP contribution in [-0.2, 0) is 9.84 Å². The molecule has 11 heavy (non-hydrogen) atoms. The highest BCUT2D eigenvalue weighted by Gasteiger charge is 1.93. The normalized spacial score (nSPS) is 10.9. The summed E-state index contributed by atoms with van der Waals surface area (Å²) in [6, 6.07) is 0. The van der Waals surface area contributed by atoms with Gasteiger partial charge in [-0.1, -0.05) is 13.8 Å². The minimum absolute atomic E-state index is 0.0353. The largest absolute Gasteiger partial charge is 0.381 e. The molecule has 1 radical (unpaired) electrons. The third kappa shape index (κ3) is 9.92. The van der Waals surface area contributed by atoms with Crippen LogP contribution in [-0.4, -0.2) is 19.8 Å². The molecule has 0 aliphatic rings. The molecule has 67 valence electrons. The maximum absolute atomic E-state index is 10.0. The SMILES string of the molecule is CC(C)CCOCCCC[O]. The number of rotatable bonds is 7. The average molecular weight is 159 g/mol. The second-order valence-electron chi connectivity index (χ2n) is 3.21. The van der Waals surface area contributed by atoms with E-state index in [1.165, 1.54) is 0 Å². The highest BCUT2D eigenvalue weighted by atomic mass is 16.5. The molecule has 2 heteroatoms. The molecule has 0 unspecified atom stereocenters. The summed E-state index contributed by atoms with van der Waals surface area (Å²) in [7, 11) is 0. The summed E-state index contributed by atoms with van der Waals surface area (Å²) in [6.45, 7) is 6.00. The molecule has 0 atom stereocenters. The van der Waals surface area contributed by atoms with Crippen molar-refractivity contribution in [1.29, 1.82) is 0 Å². The first-order valence-corrected chi connectivity index (χ1v) is 4.43. The van der Waals surface area contributed by atoms with E-state index in [0.717, 1.165) is 38.4 Å². The van der Waals surface area contributed by atoms with Crippen molar-refractivity contribution in [2.75, 3.05) is 19.8 Å². The Balaban J connectivity index is 2.80. The summed E-state index contributed by atoms with van der Waals surface area (Å²) in [6.07, 6.45) is 2.79. The summed E-state index contributed by atoms with van der Waals surface area (Å²) in [5, 5.41) is 10.0. The molecule has 0 saturated carbocycles. The monoisotopic (exact) mass is 159 g/mol. The van der Waals surface area contributed by atoms with Gasteiger partial charge in [0.15, 0.2) is 0 Å². The van der Waals surface area contributed by atoms with Gasteiger partial charge in [-0.2, -0.15) is 0 Å².